The number of aromatic nitrogens is 2. The van der Waals surface area contributed by atoms with Crippen molar-refractivity contribution in [2.45, 2.75) is 32.4 Å². The molecule has 18 heavy (non-hydrogen) atoms. The Labute approximate surface area is 105 Å². The summed E-state index contributed by atoms with van der Waals surface area (Å²) in [7, 11) is 0. The number of hydrogen-bond donors (Lipinski definition) is 1. The molecule has 2 aromatic rings. The SMILES string of the molecule is Cc1cc(-c2cn3c(n2)CCC(N)C3)ccc1F. The van der Waals surface area contributed by atoms with Gasteiger partial charge in [-0.3, -0.25) is 0 Å². The van der Waals surface area contributed by atoms with Gasteiger partial charge in [0.15, 0.2) is 0 Å². The lowest BCUT2D eigenvalue weighted by atomic mass is 10.1. The molecule has 3 rings (SSSR count). The second-order valence-electron chi connectivity index (χ2n) is 4.96. The quantitative estimate of drug-likeness (QED) is 0.837. The second-order valence-corrected chi connectivity index (χ2v) is 4.96. The first-order valence-corrected chi connectivity index (χ1v) is 6.21. The van der Waals surface area contributed by atoms with Crippen LogP contribution in [0, 0.1) is 12.7 Å². The van der Waals surface area contributed by atoms with E-state index in [1.807, 2.05) is 12.3 Å². The average molecular weight is 245 g/mol. The van der Waals surface area contributed by atoms with E-state index in [1.54, 1.807) is 13.0 Å². The number of rotatable bonds is 1. The second kappa shape index (κ2) is 4.21. The molecule has 1 unspecified atom stereocenters. The van der Waals surface area contributed by atoms with E-state index in [0.29, 0.717) is 5.56 Å². The van der Waals surface area contributed by atoms with Gasteiger partial charge in [0.1, 0.15) is 11.6 Å². The number of hydrogen-bond acceptors (Lipinski definition) is 2. The minimum Gasteiger partial charge on any atom is -0.333 e. The van der Waals surface area contributed by atoms with Crippen LogP contribution in [0.3, 0.4) is 0 Å². The van der Waals surface area contributed by atoms with Crippen LogP contribution in [0.25, 0.3) is 11.3 Å². The van der Waals surface area contributed by atoms with E-state index < -0.39 is 0 Å². The summed E-state index contributed by atoms with van der Waals surface area (Å²) >= 11 is 0. The molecule has 0 saturated heterocycles. The molecule has 0 amide bonds. The third kappa shape index (κ3) is 1.93. The Kier molecular flexibility index (Phi) is 2.67. The minimum absolute atomic E-state index is 0.176. The van der Waals surface area contributed by atoms with Crippen molar-refractivity contribution in [1.82, 2.24) is 9.55 Å². The Morgan fingerprint density at radius 2 is 2.28 bits per heavy atom. The van der Waals surface area contributed by atoms with Gasteiger partial charge in [0.05, 0.1) is 5.69 Å². The number of nitrogens with two attached hydrogens (primary N) is 1. The summed E-state index contributed by atoms with van der Waals surface area (Å²) < 4.78 is 15.4. The first-order valence-electron chi connectivity index (χ1n) is 6.21. The van der Waals surface area contributed by atoms with Crippen molar-refractivity contribution < 1.29 is 4.39 Å². The Hall–Kier alpha value is -1.68. The van der Waals surface area contributed by atoms with Crippen LogP contribution >= 0.6 is 0 Å². The van der Waals surface area contributed by atoms with Crippen molar-refractivity contribution >= 4 is 0 Å². The summed E-state index contributed by atoms with van der Waals surface area (Å²) in [5.74, 6) is 0.901. The summed E-state index contributed by atoms with van der Waals surface area (Å²) in [5.41, 5.74) is 8.46. The standard InChI is InChI=1S/C14H16FN3/c1-9-6-10(2-4-12(9)15)13-8-18-7-11(16)3-5-14(18)17-13/h2,4,6,8,11H,3,5,7,16H2,1H3. The maximum atomic E-state index is 13.3. The topological polar surface area (TPSA) is 43.8 Å². The van der Waals surface area contributed by atoms with E-state index in [4.69, 9.17) is 5.73 Å². The molecule has 4 heteroatoms. The van der Waals surface area contributed by atoms with E-state index in [2.05, 4.69) is 9.55 Å². The van der Waals surface area contributed by atoms with Crippen LogP contribution in [-0.4, -0.2) is 15.6 Å². The Morgan fingerprint density at radius 1 is 1.44 bits per heavy atom. The number of halogens is 1. The fourth-order valence-electron chi connectivity index (χ4n) is 2.41. The lowest BCUT2D eigenvalue weighted by molar-refractivity contribution is 0.453. The summed E-state index contributed by atoms with van der Waals surface area (Å²) in [6.07, 6.45) is 3.92. The van der Waals surface area contributed by atoms with Crippen molar-refractivity contribution in [3.8, 4) is 11.3 Å². The number of nitrogens with zero attached hydrogens (tertiary/aromatic N) is 2. The summed E-state index contributed by atoms with van der Waals surface area (Å²) in [6, 6.07) is 5.32. The Balaban J connectivity index is 2.00. The average Bonchev–Trinajstić information content (AvgIpc) is 2.75. The van der Waals surface area contributed by atoms with Gasteiger partial charge >= 0.3 is 0 Å². The highest BCUT2D eigenvalue weighted by atomic mass is 19.1. The normalized spacial score (nSPS) is 18.7. The summed E-state index contributed by atoms with van der Waals surface area (Å²) in [5, 5.41) is 0. The molecule has 2 heterocycles. The van der Waals surface area contributed by atoms with Gasteiger partial charge < -0.3 is 10.3 Å². The van der Waals surface area contributed by atoms with Gasteiger partial charge in [0, 0.05) is 30.8 Å². The Morgan fingerprint density at radius 3 is 3.06 bits per heavy atom. The van der Waals surface area contributed by atoms with Gasteiger partial charge in [-0.05, 0) is 37.1 Å². The number of fused-ring (bicyclic) bond motifs is 1. The maximum absolute atomic E-state index is 13.3. The van der Waals surface area contributed by atoms with Crippen LogP contribution in [0.2, 0.25) is 0 Å². The van der Waals surface area contributed by atoms with Crippen molar-refractivity contribution in [1.29, 1.82) is 0 Å². The van der Waals surface area contributed by atoms with E-state index in [0.717, 1.165) is 36.5 Å². The zero-order valence-electron chi connectivity index (χ0n) is 10.4. The predicted octanol–water partition coefficient (Wildman–Crippen LogP) is 2.27. The van der Waals surface area contributed by atoms with Gasteiger partial charge in [-0.2, -0.15) is 0 Å². The lowest BCUT2D eigenvalue weighted by Gasteiger charge is -2.19. The van der Waals surface area contributed by atoms with Gasteiger partial charge in [-0.25, -0.2) is 9.37 Å². The van der Waals surface area contributed by atoms with Crippen molar-refractivity contribution in [3.63, 3.8) is 0 Å². The van der Waals surface area contributed by atoms with Crippen LogP contribution < -0.4 is 5.73 Å². The van der Waals surface area contributed by atoms with E-state index in [9.17, 15) is 4.39 Å². The molecule has 1 aromatic carbocycles. The number of benzene rings is 1. The molecule has 0 fully saturated rings. The molecule has 2 N–H and O–H groups in total. The summed E-state index contributed by atoms with van der Waals surface area (Å²) in [6.45, 7) is 2.59. The minimum atomic E-state index is -0.176. The van der Waals surface area contributed by atoms with Gasteiger partial charge in [0.25, 0.3) is 0 Å². The third-order valence-corrected chi connectivity index (χ3v) is 3.48. The summed E-state index contributed by atoms with van der Waals surface area (Å²) in [4.78, 5) is 4.61. The molecule has 3 nitrogen and oxygen atoms in total. The lowest BCUT2D eigenvalue weighted by Crippen LogP contribution is -2.31. The van der Waals surface area contributed by atoms with Crippen LogP contribution in [-0.2, 0) is 13.0 Å². The predicted molar refractivity (Wildman–Crippen MR) is 68.7 cm³/mol. The Bertz CT molecular complexity index is 589. The molecule has 1 aromatic heterocycles. The van der Waals surface area contributed by atoms with Gasteiger partial charge in [-0.1, -0.05) is 0 Å². The van der Waals surface area contributed by atoms with Gasteiger partial charge in [0.2, 0.25) is 0 Å². The third-order valence-electron chi connectivity index (χ3n) is 3.48. The van der Waals surface area contributed by atoms with Crippen molar-refractivity contribution in [2.24, 2.45) is 5.73 Å². The van der Waals surface area contributed by atoms with Crippen molar-refractivity contribution in [3.05, 3.63) is 41.6 Å². The molecule has 0 bridgehead atoms. The van der Waals surface area contributed by atoms with Crippen molar-refractivity contribution in [2.75, 3.05) is 0 Å². The zero-order chi connectivity index (χ0) is 12.7. The fourth-order valence-corrected chi connectivity index (χ4v) is 2.41. The first-order chi connectivity index (χ1) is 8.63. The fraction of sp³-hybridized carbons (Fsp3) is 0.357. The van der Waals surface area contributed by atoms with Crippen LogP contribution in [0.15, 0.2) is 24.4 Å². The highest BCUT2D eigenvalue weighted by Gasteiger charge is 2.18. The van der Waals surface area contributed by atoms with Crippen LogP contribution in [0.5, 0.6) is 0 Å². The highest BCUT2D eigenvalue weighted by Crippen LogP contribution is 2.23. The van der Waals surface area contributed by atoms with Gasteiger partial charge in [-0.15, -0.1) is 0 Å². The molecule has 1 aliphatic rings. The van der Waals surface area contributed by atoms with E-state index >= 15 is 0 Å². The largest absolute Gasteiger partial charge is 0.333 e. The smallest absolute Gasteiger partial charge is 0.126 e. The molecule has 0 radical (unpaired) electrons. The van der Waals surface area contributed by atoms with Crippen LogP contribution in [0.4, 0.5) is 4.39 Å². The molecular formula is C14H16FN3. The van der Waals surface area contributed by atoms with Crippen LogP contribution in [0.1, 0.15) is 17.8 Å². The monoisotopic (exact) mass is 245 g/mol. The number of imidazole rings is 1. The highest BCUT2D eigenvalue weighted by molar-refractivity contribution is 5.59. The molecule has 1 aliphatic heterocycles. The molecule has 1 atom stereocenters. The molecule has 0 aliphatic carbocycles. The number of aryl methyl sites for hydroxylation is 2. The molecule has 0 spiro atoms. The first kappa shape index (κ1) is 11.4. The molecule has 94 valence electrons. The molecular weight excluding hydrogens is 229 g/mol. The van der Waals surface area contributed by atoms with E-state index in [1.165, 1.54) is 6.07 Å². The van der Waals surface area contributed by atoms with E-state index in [-0.39, 0.29) is 11.9 Å². The molecule has 0 saturated carbocycles. The zero-order valence-corrected chi connectivity index (χ0v) is 10.4. The maximum Gasteiger partial charge on any atom is 0.126 e.